The summed E-state index contributed by atoms with van der Waals surface area (Å²) in [6.07, 6.45) is 0. The van der Waals surface area contributed by atoms with Crippen molar-refractivity contribution in [1.82, 2.24) is 4.98 Å². The van der Waals surface area contributed by atoms with E-state index in [2.05, 4.69) is 15.9 Å². The van der Waals surface area contributed by atoms with Crippen LogP contribution in [0, 0.1) is 6.92 Å². The average Bonchev–Trinajstić information content (AvgIpc) is 2.69. The van der Waals surface area contributed by atoms with E-state index in [-0.39, 0.29) is 0 Å². The van der Waals surface area contributed by atoms with Crippen molar-refractivity contribution in [2.24, 2.45) is 0 Å². The molecule has 0 fully saturated rings. The number of hydrogen-bond acceptors (Lipinski definition) is 3. The molecule has 0 aliphatic carbocycles. The van der Waals surface area contributed by atoms with Gasteiger partial charge in [-0.3, -0.25) is 0 Å². The van der Waals surface area contributed by atoms with E-state index in [1.807, 2.05) is 49.4 Å². The summed E-state index contributed by atoms with van der Waals surface area (Å²) in [7, 11) is 0. The molecule has 138 valence electrons. The zero-order valence-corrected chi connectivity index (χ0v) is 17.3. The predicted molar refractivity (Wildman–Crippen MR) is 116 cm³/mol. The van der Waals surface area contributed by atoms with E-state index in [0.717, 1.165) is 21.0 Å². The zero-order valence-electron chi connectivity index (χ0n) is 14.9. The van der Waals surface area contributed by atoms with Crippen molar-refractivity contribution < 1.29 is 9.53 Å². The first-order valence-corrected chi connectivity index (χ1v) is 9.82. The van der Waals surface area contributed by atoms with Crippen molar-refractivity contribution in [2.75, 3.05) is 0 Å². The molecule has 0 aliphatic heterocycles. The third kappa shape index (κ3) is 3.93. The highest BCUT2D eigenvalue weighted by Crippen LogP contribution is 2.29. The maximum atomic E-state index is 13.0. The minimum Gasteiger partial charge on any atom is -0.423 e. The number of esters is 1. The Morgan fingerprint density at radius 2 is 1.68 bits per heavy atom. The van der Waals surface area contributed by atoms with Crippen LogP contribution in [0.5, 0.6) is 5.75 Å². The fourth-order valence-corrected chi connectivity index (χ4v) is 3.39. The van der Waals surface area contributed by atoms with Crippen molar-refractivity contribution in [3.63, 3.8) is 0 Å². The van der Waals surface area contributed by atoms with E-state index < -0.39 is 5.97 Å². The summed E-state index contributed by atoms with van der Waals surface area (Å²) in [6, 6.07) is 22.1. The van der Waals surface area contributed by atoms with Gasteiger partial charge in [0, 0.05) is 20.4 Å². The maximum Gasteiger partial charge on any atom is 0.344 e. The average molecular weight is 453 g/mol. The number of benzene rings is 3. The van der Waals surface area contributed by atoms with Crippen molar-refractivity contribution in [3.8, 4) is 17.0 Å². The lowest BCUT2D eigenvalue weighted by atomic mass is 10.0. The van der Waals surface area contributed by atoms with Gasteiger partial charge in [-0.25, -0.2) is 9.78 Å². The number of nitrogens with zero attached hydrogens (tertiary/aromatic N) is 1. The highest BCUT2D eigenvalue weighted by atomic mass is 79.9. The summed E-state index contributed by atoms with van der Waals surface area (Å²) in [5, 5.41) is 1.37. The number of aryl methyl sites for hydroxylation is 1. The van der Waals surface area contributed by atoms with E-state index in [4.69, 9.17) is 21.3 Å². The molecule has 0 aliphatic rings. The molecule has 0 amide bonds. The fourth-order valence-electron chi connectivity index (χ4n) is 2.90. The second-order valence-electron chi connectivity index (χ2n) is 6.43. The normalized spacial score (nSPS) is 10.8. The molecular weight excluding hydrogens is 438 g/mol. The summed E-state index contributed by atoms with van der Waals surface area (Å²) in [4.78, 5) is 17.7. The predicted octanol–water partition coefficient (Wildman–Crippen LogP) is 6.85. The molecule has 0 bridgehead atoms. The van der Waals surface area contributed by atoms with E-state index in [1.165, 1.54) is 0 Å². The summed E-state index contributed by atoms with van der Waals surface area (Å²) in [5.74, 6) is 0.0770. The molecule has 0 unspecified atom stereocenters. The number of carbonyl (C=O) groups excluding carboxylic acids is 1. The lowest BCUT2D eigenvalue weighted by Crippen LogP contribution is -2.10. The van der Waals surface area contributed by atoms with E-state index in [1.54, 1.807) is 30.3 Å². The fraction of sp³-hybridized carbons (Fsp3) is 0.0435. The van der Waals surface area contributed by atoms with Crippen molar-refractivity contribution in [3.05, 3.63) is 93.4 Å². The highest BCUT2D eigenvalue weighted by molar-refractivity contribution is 9.10. The second kappa shape index (κ2) is 7.74. The minimum absolute atomic E-state index is 0.426. The molecule has 28 heavy (non-hydrogen) atoms. The van der Waals surface area contributed by atoms with Gasteiger partial charge in [-0.15, -0.1) is 0 Å². The van der Waals surface area contributed by atoms with E-state index in [9.17, 15) is 4.79 Å². The Morgan fingerprint density at radius 3 is 2.39 bits per heavy atom. The number of pyridine rings is 1. The molecule has 0 spiro atoms. The first-order chi connectivity index (χ1) is 13.5. The Kier molecular flexibility index (Phi) is 5.16. The molecule has 3 nitrogen and oxygen atoms in total. The monoisotopic (exact) mass is 451 g/mol. The largest absolute Gasteiger partial charge is 0.423 e. The molecule has 0 saturated carbocycles. The molecule has 0 atom stereocenters. The molecule has 1 heterocycles. The van der Waals surface area contributed by atoms with Crippen LogP contribution >= 0.6 is 27.5 Å². The van der Waals surface area contributed by atoms with Gasteiger partial charge in [-0.2, -0.15) is 0 Å². The lowest BCUT2D eigenvalue weighted by molar-refractivity contribution is 0.0737. The van der Waals surface area contributed by atoms with E-state index >= 15 is 0 Å². The van der Waals surface area contributed by atoms with Crippen LogP contribution in [0.3, 0.4) is 0 Å². The summed E-state index contributed by atoms with van der Waals surface area (Å²) >= 11 is 9.46. The SMILES string of the molecule is Cc1ccc(OC(=O)c2cc(-c3ccc(Cl)cc3)nc3ccc(Br)cc23)cc1. The van der Waals surface area contributed by atoms with Crippen LogP contribution in [0.2, 0.25) is 5.02 Å². The lowest BCUT2D eigenvalue weighted by Gasteiger charge is -2.11. The van der Waals surface area contributed by atoms with Crippen LogP contribution in [0.25, 0.3) is 22.2 Å². The number of rotatable bonds is 3. The minimum atomic E-state index is -0.426. The van der Waals surface area contributed by atoms with Crippen LogP contribution in [0.1, 0.15) is 15.9 Å². The number of halogens is 2. The number of aromatic nitrogens is 1. The molecule has 3 aromatic carbocycles. The Labute approximate surface area is 176 Å². The number of carbonyl (C=O) groups is 1. The first kappa shape index (κ1) is 18.7. The smallest absolute Gasteiger partial charge is 0.344 e. The van der Waals surface area contributed by atoms with Crippen LogP contribution in [-0.4, -0.2) is 11.0 Å². The van der Waals surface area contributed by atoms with Crippen LogP contribution in [0.4, 0.5) is 0 Å². The van der Waals surface area contributed by atoms with Gasteiger partial charge in [0.1, 0.15) is 5.75 Å². The van der Waals surface area contributed by atoms with Crippen molar-refractivity contribution in [2.45, 2.75) is 6.92 Å². The number of hydrogen-bond donors (Lipinski definition) is 0. The summed E-state index contributed by atoms with van der Waals surface area (Å²) in [5.41, 5.74) is 3.83. The van der Waals surface area contributed by atoms with Crippen LogP contribution in [0.15, 0.2) is 77.3 Å². The van der Waals surface area contributed by atoms with Gasteiger partial charge in [-0.05, 0) is 55.5 Å². The highest BCUT2D eigenvalue weighted by Gasteiger charge is 2.16. The zero-order chi connectivity index (χ0) is 19.7. The Bertz CT molecular complexity index is 1170. The van der Waals surface area contributed by atoms with Crippen molar-refractivity contribution in [1.29, 1.82) is 0 Å². The van der Waals surface area contributed by atoms with Crippen LogP contribution < -0.4 is 4.74 Å². The number of ether oxygens (including phenoxy) is 1. The van der Waals surface area contributed by atoms with Crippen LogP contribution in [-0.2, 0) is 0 Å². The quantitative estimate of drug-likeness (QED) is 0.252. The van der Waals surface area contributed by atoms with Gasteiger partial charge in [-0.1, -0.05) is 57.4 Å². The first-order valence-electron chi connectivity index (χ1n) is 8.65. The molecule has 5 heteroatoms. The molecule has 1 aromatic heterocycles. The molecule has 0 saturated heterocycles. The van der Waals surface area contributed by atoms with Crippen molar-refractivity contribution >= 4 is 44.4 Å². The second-order valence-corrected chi connectivity index (χ2v) is 7.78. The Balaban J connectivity index is 1.82. The Hall–Kier alpha value is -2.69. The van der Waals surface area contributed by atoms with Gasteiger partial charge >= 0.3 is 5.97 Å². The van der Waals surface area contributed by atoms with Gasteiger partial charge in [0.05, 0.1) is 16.8 Å². The molecular formula is C23H15BrClNO2. The van der Waals surface area contributed by atoms with Gasteiger partial charge in [0.25, 0.3) is 0 Å². The Morgan fingerprint density at radius 1 is 0.964 bits per heavy atom. The molecule has 4 aromatic rings. The van der Waals surface area contributed by atoms with Gasteiger partial charge in [0.2, 0.25) is 0 Å². The maximum absolute atomic E-state index is 13.0. The topological polar surface area (TPSA) is 39.2 Å². The van der Waals surface area contributed by atoms with E-state index in [0.29, 0.717) is 27.5 Å². The molecule has 4 rings (SSSR count). The standard InChI is InChI=1S/C23H15BrClNO2/c1-14-2-9-18(10-3-14)28-23(27)20-13-22(15-4-7-17(25)8-5-15)26-21-11-6-16(24)12-19(20)21/h2-13H,1H3. The molecule has 0 N–H and O–H groups in total. The third-order valence-electron chi connectivity index (χ3n) is 4.36. The number of fused-ring (bicyclic) bond motifs is 1. The summed E-state index contributed by atoms with van der Waals surface area (Å²) < 4.78 is 6.48. The third-order valence-corrected chi connectivity index (χ3v) is 5.11. The van der Waals surface area contributed by atoms with Gasteiger partial charge < -0.3 is 4.74 Å². The molecule has 0 radical (unpaired) electrons. The van der Waals surface area contributed by atoms with Gasteiger partial charge in [0.15, 0.2) is 0 Å². The summed E-state index contributed by atoms with van der Waals surface area (Å²) in [6.45, 7) is 1.98.